The standard InChI is InChI=1S/C11H17N3/c12-5-1-6-13-11-8-10(4-7-14-11)9-2-3-9/h4,7-9H,1-3,5-6,12H2,(H,13,14). The van der Waals surface area contributed by atoms with Gasteiger partial charge in [0.25, 0.3) is 0 Å². The van der Waals surface area contributed by atoms with E-state index in [1.165, 1.54) is 18.4 Å². The maximum absolute atomic E-state index is 5.42. The lowest BCUT2D eigenvalue weighted by molar-refractivity contribution is 0.869. The number of anilines is 1. The summed E-state index contributed by atoms with van der Waals surface area (Å²) in [6, 6.07) is 4.28. The third kappa shape index (κ3) is 2.45. The van der Waals surface area contributed by atoms with E-state index in [0.717, 1.165) is 31.2 Å². The smallest absolute Gasteiger partial charge is 0.126 e. The second-order valence-corrected chi connectivity index (χ2v) is 3.82. The van der Waals surface area contributed by atoms with Crippen molar-refractivity contribution in [2.75, 3.05) is 18.4 Å². The highest BCUT2D eigenvalue weighted by atomic mass is 15.0. The largest absolute Gasteiger partial charge is 0.370 e. The number of nitrogens with zero attached hydrogens (tertiary/aromatic N) is 1. The van der Waals surface area contributed by atoms with Gasteiger partial charge in [0.2, 0.25) is 0 Å². The average molecular weight is 191 g/mol. The van der Waals surface area contributed by atoms with Crippen molar-refractivity contribution in [2.24, 2.45) is 5.73 Å². The molecule has 0 spiro atoms. The first-order valence-corrected chi connectivity index (χ1v) is 5.30. The van der Waals surface area contributed by atoms with Gasteiger partial charge >= 0.3 is 0 Å². The van der Waals surface area contributed by atoms with Crippen LogP contribution in [0.4, 0.5) is 5.82 Å². The van der Waals surface area contributed by atoms with E-state index in [2.05, 4.69) is 22.4 Å². The Morgan fingerprint density at radius 1 is 1.50 bits per heavy atom. The minimum Gasteiger partial charge on any atom is -0.370 e. The highest BCUT2D eigenvalue weighted by molar-refractivity contribution is 5.39. The molecule has 0 saturated heterocycles. The number of aromatic nitrogens is 1. The third-order valence-electron chi connectivity index (χ3n) is 2.52. The Morgan fingerprint density at radius 2 is 2.36 bits per heavy atom. The Balaban J connectivity index is 1.92. The maximum atomic E-state index is 5.42. The van der Waals surface area contributed by atoms with Gasteiger partial charge in [-0.25, -0.2) is 4.98 Å². The van der Waals surface area contributed by atoms with Gasteiger partial charge in [-0.2, -0.15) is 0 Å². The van der Waals surface area contributed by atoms with Crippen LogP contribution >= 0.6 is 0 Å². The molecule has 1 aromatic rings. The van der Waals surface area contributed by atoms with Crippen molar-refractivity contribution in [1.29, 1.82) is 0 Å². The van der Waals surface area contributed by atoms with Crippen LogP contribution in [-0.2, 0) is 0 Å². The molecule has 3 N–H and O–H groups in total. The normalized spacial score (nSPS) is 15.5. The van der Waals surface area contributed by atoms with Gasteiger partial charge in [-0.1, -0.05) is 0 Å². The molecule has 1 aliphatic rings. The van der Waals surface area contributed by atoms with Gasteiger partial charge in [0.15, 0.2) is 0 Å². The summed E-state index contributed by atoms with van der Waals surface area (Å²) >= 11 is 0. The zero-order chi connectivity index (χ0) is 9.80. The molecular formula is C11H17N3. The van der Waals surface area contributed by atoms with Crippen LogP contribution < -0.4 is 11.1 Å². The number of hydrogen-bond acceptors (Lipinski definition) is 3. The molecule has 2 rings (SSSR count). The molecular weight excluding hydrogens is 174 g/mol. The molecule has 14 heavy (non-hydrogen) atoms. The highest BCUT2D eigenvalue weighted by Gasteiger charge is 2.23. The SMILES string of the molecule is NCCCNc1cc(C2CC2)ccn1. The number of rotatable bonds is 5. The number of hydrogen-bond donors (Lipinski definition) is 2. The first-order valence-electron chi connectivity index (χ1n) is 5.30. The molecule has 1 aliphatic carbocycles. The summed E-state index contributed by atoms with van der Waals surface area (Å²) in [5.41, 5.74) is 6.85. The van der Waals surface area contributed by atoms with Crippen molar-refractivity contribution in [3.05, 3.63) is 23.9 Å². The topological polar surface area (TPSA) is 50.9 Å². The minimum atomic E-state index is 0.731. The summed E-state index contributed by atoms with van der Waals surface area (Å²) in [5, 5.41) is 3.28. The molecule has 1 saturated carbocycles. The summed E-state index contributed by atoms with van der Waals surface area (Å²) in [6.07, 6.45) is 5.56. The molecule has 76 valence electrons. The second-order valence-electron chi connectivity index (χ2n) is 3.82. The highest BCUT2D eigenvalue weighted by Crippen LogP contribution is 2.40. The van der Waals surface area contributed by atoms with Crippen LogP contribution in [0.25, 0.3) is 0 Å². The van der Waals surface area contributed by atoms with Crippen molar-refractivity contribution in [1.82, 2.24) is 4.98 Å². The summed E-state index contributed by atoms with van der Waals surface area (Å²) in [6.45, 7) is 1.65. The predicted octanol–water partition coefficient (Wildman–Crippen LogP) is 1.72. The van der Waals surface area contributed by atoms with E-state index in [-0.39, 0.29) is 0 Å². The van der Waals surface area contributed by atoms with Crippen molar-refractivity contribution in [3.63, 3.8) is 0 Å². The van der Waals surface area contributed by atoms with Crippen LogP contribution in [0.15, 0.2) is 18.3 Å². The van der Waals surface area contributed by atoms with E-state index in [9.17, 15) is 0 Å². The Bertz CT molecular complexity index is 294. The maximum Gasteiger partial charge on any atom is 0.126 e. The molecule has 1 fully saturated rings. The fourth-order valence-electron chi connectivity index (χ4n) is 1.53. The molecule has 0 aliphatic heterocycles. The van der Waals surface area contributed by atoms with Crippen LogP contribution in [-0.4, -0.2) is 18.1 Å². The van der Waals surface area contributed by atoms with Crippen LogP contribution in [0.5, 0.6) is 0 Å². The first kappa shape index (κ1) is 9.46. The number of nitrogens with one attached hydrogen (secondary N) is 1. The minimum absolute atomic E-state index is 0.731. The average Bonchev–Trinajstić information content (AvgIpc) is 3.02. The van der Waals surface area contributed by atoms with Gasteiger partial charge < -0.3 is 11.1 Å². The van der Waals surface area contributed by atoms with Crippen LogP contribution in [0, 0.1) is 0 Å². The molecule has 0 radical (unpaired) electrons. The van der Waals surface area contributed by atoms with Gasteiger partial charge in [-0.3, -0.25) is 0 Å². The lowest BCUT2D eigenvalue weighted by Crippen LogP contribution is -2.09. The molecule has 3 nitrogen and oxygen atoms in total. The first-order chi connectivity index (χ1) is 6.90. The fraction of sp³-hybridized carbons (Fsp3) is 0.545. The van der Waals surface area contributed by atoms with Crippen molar-refractivity contribution >= 4 is 5.82 Å². The van der Waals surface area contributed by atoms with Gasteiger partial charge in [0, 0.05) is 12.7 Å². The molecule has 1 aromatic heterocycles. The Kier molecular flexibility index (Phi) is 2.99. The summed E-state index contributed by atoms with van der Waals surface area (Å²) in [5.74, 6) is 1.79. The predicted molar refractivity (Wildman–Crippen MR) is 58.4 cm³/mol. The monoisotopic (exact) mass is 191 g/mol. The van der Waals surface area contributed by atoms with Gasteiger partial charge in [-0.05, 0) is 49.4 Å². The van der Waals surface area contributed by atoms with Gasteiger partial charge in [0.1, 0.15) is 5.82 Å². The Hall–Kier alpha value is -1.09. The van der Waals surface area contributed by atoms with E-state index < -0.39 is 0 Å². The van der Waals surface area contributed by atoms with E-state index in [1.807, 2.05) is 6.20 Å². The molecule has 3 heteroatoms. The Labute approximate surface area is 84.7 Å². The van der Waals surface area contributed by atoms with E-state index in [0.29, 0.717) is 0 Å². The zero-order valence-corrected chi connectivity index (χ0v) is 8.37. The fourth-order valence-corrected chi connectivity index (χ4v) is 1.53. The van der Waals surface area contributed by atoms with E-state index in [4.69, 9.17) is 5.73 Å². The quantitative estimate of drug-likeness (QED) is 0.697. The summed E-state index contributed by atoms with van der Waals surface area (Å²) < 4.78 is 0. The molecule has 1 heterocycles. The van der Waals surface area contributed by atoms with Crippen LogP contribution in [0.2, 0.25) is 0 Å². The van der Waals surface area contributed by atoms with Crippen molar-refractivity contribution in [2.45, 2.75) is 25.2 Å². The van der Waals surface area contributed by atoms with Crippen molar-refractivity contribution < 1.29 is 0 Å². The van der Waals surface area contributed by atoms with Crippen LogP contribution in [0.3, 0.4) is 0 Å². The molecule has 0 aromatic carbocycles. The van der Waals surface area contributed by atoms with Crippen molar-refractivity contribution in [3.8, 4) is 0 Å². The Morgan fingerprint density at radius 3 is 3.07 bits per heavy atom. The lowest BCUT2D eigenvalue weighted by Gasteiger charge is -2.05. The second kappa shape index (κ2) is 4.42. The van der Waals surface area contributed by atoms with E-state index >= 15 is 0 Å². The summed E-state index contributed by atoms with van der Waals surface area (Å²) in [7, 11) is 0. The van der Waals surface area contributed by atoms with Crippen LogP contribution in [0.1, 0.15) is 30.7 Å². The lowest BCUT2D eigenvalue weighted by atomic mass is 10.2. The molecule has 0 atom stereocenters. The molecule has 0 amide bonds. The zero-order valence-electron chi connectivity index (χ0n) is 8.37. The third-order valence-corrected chi connectivity index (χ3v) is 2.52. The molecule has 0 bridgehead atoms. The molecule has 0 unspecified atom stereocenters. The summed E-state index contributed by atoms with van der Waals surface area (Å²) in [4.78, 5) is 4.27. The van der Waals surface area contributed by atoms with Gasteiger partial charge in [-0.15, -0.1) is 0 Å². The number of nitrogens with two attached hydrogens (primary N) is 1. The van der Waals surface area contributed by atoms with E-state index in [1.54, 1.807) is 0 Å². The number of pyridine rings is 1. The van der Waals surface area contributed by atoms with Gasteiger partial charge in [0.05, 0.1) is 0 Å².